The SMILES string of the molecule is CCOc1ccc(N2C(=O)NC(=O)/C(=C\c3cccc(OC)c3)C2=O)cc1. The van der Waals surface area contributed by atoms with Gasteiger partial charge in [0.05, 0.1) is 19.4 Å². The first-order valence-electron chi connectivity index (χ1n) is 8.32. The Balaban J connectivity index is 1.94. The van der Waals surface area contributed by atoms with Crippen LogP contribution in [-0.4, -0.2) is 31.6 Å². The lowest BCUT2D eigenvalue weighted by atomic mass is 10.1. The Morgan fingerprint density at radius 1 is 1.04 bits per heavy atom. The number of nitrogens with zero attached hydrogens (tertiary/aromatic N) is 1. The minimum absolute atomic E-state index is 0.142. The van der Waals surface area contributed by atoms with Crippen LogP contribution in [0.4, 0.5) is 10.5 Å². The third-order valence-electron chi connectivity index (χ3n) is 3.91. The van der Waals surface area contributed by atoms with Gasteiger partial charge in [0.15, 0.2) is 0 Å². The maximum atomic E-state index is 12.8. The van der Waals surface area contributed by atoms with Crippen LogP contribution in [-0.2, 0) is 9.59 Å². The number of urea groups is 1. The second-order valence-electron chi connectivity index (χ2n) is 5.66. The molecule has 0 saturated carbocycles. The van der Waals surface area contributed by atoms with Crippen molar-refractivity contribution in [3.63, 3.8) is 0 Å². The molecule has 0 aromatic heterocycles. The molecule has 0 radical (unpaired) electrons. The molecule has 1 N–H and O–H groups in total. The number of methoxy groups -OCH3 is 1. The molecule has 4 amide bonds. The summed E-state index contributed by atoms with van der Waals surface area (Å²) < 4.78 is 10.5. The average Bonchev–Trinajstić information content (AvgIpc) is 2.67. The molecule has 1 aliphatic rings. The van der Waals surface area contributed by atoms with E-state index >= 15 is 0 Å². The third-order valence-corrected chi connectivity index (χ3v) is 3.91. The van der Waals surface area contributed by atoms with Gasteiger partial charge >= 0.3 is 6.03 Å². The van der Waals surface area contributed by atoms with Crippen LogP contribution in [0.2, 0.25) is 0 Å². The van der Waals surface area contributed by atoms with E-state index in [2.05, 4.69) is 5.32 Å². The van der Waals surface area contributed by atoms with Gasteiger partial charge < -0.3 is 9.47 Å². The van der Waals surface area contributed by atoms with Gasteiger partial charge in [0, 0.05) is 0 Å². The number of rotatable bonds is 5. The molecule has 138 valence electrons. The fraction of sp³-hybridized carbons (Fsp3) is 0.150. The molecule has 7 heteroatoms. The zero-order valence-electron chi connectivity index (χ0n) is 14.9. The molecule has 1 fully saturated rings. The van der Waals surface area contributed by atoms with Crippen molar-refractivity contribution >= 4 is 29.6 Å². The molecular formula is C20H18N2O5. The summed E-state index contributed by atoms with van der Waals surface area (Å²) in [7, 11) is 1.52. The summed E-state index contributed by atoms with van der Waals surface area (Å²) in [5, 5.41) is 2.19. The van der Waals surface area contributed by atoms with E-state index in [-0.39, 0.29) is 5.57 Å². The van der Waals surface area contributed by atoms with E-state index in [1.54, 1.807) is 48.5 Å². The van der Waals surface area contributed by atoms with Gasteiger partial charge in [-0.2, -0.15) is 0 Å². The van der Waals surface area contributed by atoms with Crippen molar-refractivity contribution in [1.82, 2.24) is 5.32 Å². The summed E-state index contributed by atoms with van der Waals surface area (Å²) >= 11 is 0. The monoisotopic (exact) mass is 366 g/mol. The third kappa shape index (κ3) is 3.82. The fourth-order valence-corrected chi connectivity index (χ4v) is 2.65. The Bertz CT molecular complexity index is 918. The van der Waals surface area contributed by atoms with Gasteiger partial charge in [-0.1, -0.05) is 12.1 Å². The summed E-state index contributed by atoms with van der Waals surface area (Å²) in [5.41, 5.74) is 0.801. The number of carbonyl (C=O) groups is 3. The van der Waals surface area contributed by atoms with Crippen LogP contribution < -0.4 is 19.7 Å². The van der Waals surface area contributed by atoms with Crippen LogP contribution >= 0.6 is 0 Å². The van der Waals surface area contributed by atoms with Crippen molar-refractivity contribution < 1.29 is 23.9 Å². The molecule has 1 aliphatic heterocycles. The lowest BCUT2D eigenvalue weighted by Crippen LogP contribution is -2.54. The Kier molecular flexibility index (Phi) is 5.21. The second-order valence-corrected chi connectivity index (χ2v) is 5.66. The number of hydrogen-bond donors (Lipinski definition) is 1. The van der Waals surface area contributed by atoms with Gasteiger partial charge in [-0.05, 0) is 55.0 Å². The average molecular weight is 366 g/mol. The molecule has 3 rings (SSSR count). The molecule has 0 bridgehead atoms. The molecule has 2 aromatic rings. The topological polar surface area (TPSA) is 84.9 Å². The fourth-order valence-electron chi connectivity index (χ4n) is 2.65. The highest BCUT2D eigenvalue weighted by molar-refractivity contribution is 6.39. The quantitative estimate of drug-likeness (QED) is 0.650. The zero-order valence-corrected chi connectivity index (χ0v) is 14.9. The Hall–Kier alpha value is -3.61. The molecule has 27 heavy (non-hydrogen) atoms. The Morgan fingerprint density at radius 2 is 1.78 bits per heavy atom. The highest BCUT2D eigenvalue weighted by Gasteiger charge is 2.36. The minimum atomic E-state index is -0.794. The van der Waals surface area contributed by atoms with Crippen molar-refractivity contribution in [2.45, 2.75) is 6.92 Å². The molecule has 1 saturated heterocycles. The van der Waals surface area contributed by atoms with Crippen LogP contribution in [0.15, 0.2) is 54.1 Å². The predicted molar refractivity (Wildman–Crippen MR) is 99.6 cm³/mol. The number of imide groups is 2. The number of anilines is 1. The van der Waals surface area contributed by atoms with E-state index in [0.29, 0.717) is 29.4 Å². The van der Waals surface area contributed by atoms with E-state index in [0.717, 1.165) is 4.90 Å². The van der Waals surface area contributed by atoms with E-state index in [9.17, 15) is 14.4 Å². The molecular weight excluding hydrogens is 348 g/mol. The highest BCUT2D eigenvalue weighted by Crippen LogP contribution is 2.25. The van der Waals surface area contributed by atoms with E-state index in [1.165, 1.54) is 13.2 Å². The van der Waals surface area contributed by atoms with Crippen LogP contribution in [0.3, 0.4) is 0 Å². The first-order valence-corrected chi connectivity index (χ1v) is 8.32. The van der Waals surface area contributed by atoms with Crippen molar-refractivity contribution in [2.75, 3.05) is 18.6 Å². The van der Waals surface area contributed by atoms with Gasteiger partial charge in [0.1, 0.15) is 17.1 Å². The van der Waals surface area contributed by atoms with Crippen molar-refractivity contribution in [3.8, 4) is 11.5 Å². The van der Waals surface area contributed by atoms with Crippen LogP contribution in [0.25, 0.3) is 6.08 Å². The van der Waals surface area contributed by atoms with E-state index in [4.69, 9.17) is 9.47 Å². The number of amides is 4. The Morgan fingerprint density at radius 3 is 2.44 bits per heavy atom. The summed E-state index contributed by atoms with van der Waals surface area (Å²) in [6.45, 7) is 2.36. The van der Waals surface area contributed by atoms with Crippen LogP contribution in [0, 0.1) is 0 Å². The lowest BCUT2D eigenvalue weighted by Gasteiger charge is -2.26. The van der Waals surface area contributed by atoms with Crippen LogP contribution in [0.1, 0.15) is 12.5 Å². The van der Waals surface area contributed by atoms with Gasteiger partial charge in [-0.3, -0.25) is 14.9 Å². The van der Waals surface area contributed by atoms with Gasteiger partial charge in [0.25, 0.3) is 11.8 Å². The first-order chi connectivity index (χ1) is 13.0. The molecule has 0 aliphatic carbocycles. The van der Waals surface area contributed by atoms with E-state index < -0.39 is 17.8 Å². The normalized spacial score (nSPS) is 15.7. The summed E-state index contributed by atoms with van der Waals surface area (Å²) in [6.07, 6.45) is 1.42. The minimum Gasteiger partial charge on any atom is -0.497 e. The molecule has 0 atom stereocenters. The maximum Gasteiger partial charge on any atom is 0.335 e. The molecule has 0 unspecified atom stereocenters. The van der Waals surface area contributed by atoms with Gasteiger partial charge in [0.2, 0.25) is 0 Å². The lowest BCUT2D eigenvalue weighted by molar-refractivity contribution is -0.122. The van der Waals surface area contributed by atoms with E-state index in [1.807, 2.05) is 6.92 Å². The smallest absolute Gasteiger partial charge is 0.335 e. The summed E-state index contributed by atoms with van der Waals surface area (Å²) in [6, 6.07) is 12.6. The number of ether oxygens (including phenoxy) is 2. The number of carbonyl (C=O) groups excluding carboxylic acids is 3. The second kappa shape index (κ2) is 7.74. The number of hydrogen-bond acceptors (Lipinski definition) is 5. The largest absolute Gasteiger partial charge is 0.497 e. The van der Waals surface area contributed by atoms with Gasteiger partial charge in [-0.25, -0.2) is 9.69 Å². The van der Waals surface area contributed by atoms with Crippen molar-refractivity contribution in [3.05, 3.63) is 59.7 Å². The maximum absolute atomic E-state index is 12.8. The molecule has 0 spiro atoms. The molecule has 1 heterocycles. The number of barbiturate groups is 1. The number of benzene rings is 2. The number of nitrogens with one attached hydrogen (secondary N) is 1. The summed E-state index contributed by atoms with van der Waals surface area (Å²) in [5.74, 6) is -0.229. The standard InChI is InChI=1S/C20H18N2O5/c1-3-27-15-9-7-14(8-10-15)22-19(24)17(18(23)21-20(22)25)12-13-5-4-6-16(11-13)26-2/h4-12H,3H2,1-2H3,(H,21,23,25)/b17-12+. The molecule has 2 aromatic carbocycles. The van der Waals surface area contributed by atoms with Crippen LogP contribution in [0.5, 0.6) is 11.5 Å². The first kappa shape index (κ1) is 18.2. The van der Waals surface area contributed by atoms with Crippen molar-refractivity contribution in [1.29, 1.82) is 0 Å². The molecule has 7 nitrogen and oxygen atoms in total. The van der Waals surface area contributed by atoms with Gasteiger partial charge in [-0.15, -0.1) is 0 Å². The van der Waals surface area contributed by atoms with Crippen molar-refractivity contribution in [2.24, 2.45) is 0 Å². The summed E-state index contributed by atoms with van der Waals surface area (Å²) in [4.78, 5) is 38.2. The predicted octanol–water partition coefficient (Wildman–Crippen LogP) is 2.76. The zero-order chi connectivity index (χ0) is 19.4. The Labute approximate surface area is 156 Å². The highest BCUT2D eigenvalue weighted by atomic mass is 16.5.